The number of hydrogen-bond donors (Lipinski definition) is 1. The molecule has 1 aromatic heterocycles. The Labute approximate surface area is 210 Å². The Bertz CT molecular complexity index is 1390. The van der Waals surface area contributed by atoms with Crippen LogP contribution in [0.4, 0.5) is 11.4 Å². The number of rotatable bonds is 5. The van der Waals surface area contributed by atoms with Crippen LogP contribution in [0.3, 0.4) is 0 Å². The van der Waals surface area contributed by atoms with Gasteiger partial charge in [0.05, 0.1) is 12.6 Å². The van der Waals surface area contributed by atoms with Crippen molar-refractivity contribution in [2.45, 2.75) is 6.92 Å². The van der Waals surface area contributed by atoms with Crippen molar-refractivity contribution in [2.24, 2.45) is 0 Å². The molecule has 1 aliphatic heterocycles. The van der Waals surface area contributed by atoms with Gasteiger partial charge < -0.3 is 19.9 Å². The normalized spacial score (nSPS) is 13.5. The zero-order chi connectivity index (χ0) is 25.1. The molecule has 0 radical (unpaired) electrons. The lowest BCUT2D eigenvalue weighted by atomic mass is 10.1. The summed E-state index contributed by atoms with van der Waals surface area (Å²) in [6.07, 6.45) is 0. The van der Waals surface area contributed by atoms with Gasteiger partial charge in [0.1, 0.15) is 11.4 Å². The number of para-hydroxylation sites is 1. The number of piperazine rings is 1. The van der Waals surface area contributed by atoms with Crippen molar-refractivity contribution in [3.63, 3.8) is 0 Å². The van der Waals surface area contributed by atoms with Gasteiger partial charge in [0, 0.05) is 54.6 Å². The number of pyridine rings is 1. The molecule has 4 aromatic rings. The number of hydrogen-bond acceptors (Lipinski definition) is 5. The number of carbonyl (C=O) groups excluding carboxylic acids is 2. The molecule has 182 valence electrons. The first-order valence-corrected chi connectivity index (χ1v) is 12.0. The van der Waals surface area contributed by atoms with Gasteiger partial charge in [0.25, 0.3) is 11.8 Å². The van der Waals surface area contributed by atoms with Gasteiger partial charge in [0.2, 0.25) is 0 Å². The van der Waals surface area contributed by atoms with Crippen LogP contribution in [0.1, 0.15) is 26.4 Å². The van der Waals surface area contributed by atoms with Crippen LogP contribution in [0.15, 0.2) is 78.9 Å². The van der Waals surface area contributed by atoms with Gasteiger partial charge in [-0.2, -0.15) is 0 Å². The van der Waals surface area contributed by atoms with E-state index in [0.717, 1.165) is 27.8 Å². The third kappa shape index (κ3) is 4.86. The monoisotopic (exact) mass is 480 g/mol. The van der Waals surface area contributed by atoms with Crippen molar-refractivity contribution in [1.82, 2.24) is 9.88 Å². The molecule has 5 rings (SSSR count). The molecule has 0 saturated carbocycles. The molecule has 1 saturated heterocycles. The first-order valence-electron chi connectivity index (χ1n) is 12.0. The van der Waals surface area contributed by atoms with E-state index >= 15 is 0 Å². The van der Waals surface area contributed by atoms with E-state index in [0.29, 0.717) is 43.2 Å². The van der Waals surface area contributed by atoms with Gasteiger partial charge in [-0.1, -0.05) is 29.8 Å². The lowest BCUT2D eigenvalue weighted by Crippen LogP contribution is -2.49. The number of fused-ring (bicyclic) bond motifs is 1. The molecule has 7 nitrogen and oxygen atoms in total. The van der Waals surface area contributed by atoms with Crippen molar-refractivity contribution in [1.29, 1.82) is 0 Å². The van der Waals surface area contributed by atoms with Gasteiger partial charge in [0.15, 0.2) is 0 Å². The molecular weight excluding hydrogens is 452 g/mol. The highest BCUT2D eigenvalue weighted by molar-refractivity contribution is 6.04. The van der Waals surface area contributed by atoms with E-state index < -0.39 is 0 Å². The van der Waals surface area contributed by atoms with E-state index in [-0.39, 0.29) is 11.8 Å². The van der Waals surface area contributed by atoms with Crippen molar-refractivity contribution >= 4 is 34.1 Å². The van der Waals surface area contributed by atoms with E-state index in [1.54, 1.807) is 13.2 Å². The molecule has 36 heavy (non-hydrogen) atoms. The van der Waals surface area contributed by atoms with Crippen LogP contribution in [0, 0.1) is 6.92 Å². The van der Waals surface area contributed by atoms with Gasteiger partial charge in [-0.05, 0) is 55.5 Å². The first kappa shape index (κ1) is 23.4. The average Bonchev–Trinajstić information content (AvgIpc) is 2.93. The van der Waals surface area contributed by atoms with Crippen LogP contribution < -0.4 is 15.0 Å². The lowest BCUT2D eigenvalue weighted by molar-refractivity contribution is 0.0740. The summed E-state index contributed by atoms with van der Waals surface area (Å²) in [6, 6.07) is 24.7. The molecule has 2 heterocycles. The molecule has 0 spiro atoms. The maximum atomic E-state index is 13.2. The number of nitrogens with zero attached hydrogens (tertiary/aromatic N) is 3. The summed E-state index contributed by atoms with van der Waals surface area (Å²) in [5, 5.41) is 3.83. The van der Waals surface area contributed by atoms with Gasteiger partial charge in [-0.3, -0.25) is 9.59 Å². The maximum absolute atomic E-state index is 13.2. The summed E-state index contributed by atoms with van der Waals surface area (Å²) in [5.41, 5.74) is 4.69. The minimum atomic E-state index is -0.131. The molecule has 1 N–H and O–H groups in total. The van der Waals surface area contributed by atoms with Crippen molar-refractivity contribution in [3.05, 3.63) is 95.7 Å². The number of benzene rings is 3. The molecule has 0 unspecified atom stereocenters. The Morgan fingerprint density at radius 3 is 2.28 bits per heavy atom. The van der Waals surface area contributed by atoms with Crippen LogP contribution in [-0.4, -0.2) is 55.0 Å². The summed E-state index contributed by atoms with van der Waals surface area (Å²) >= 11 is 0. The summed E-state index contributed by atoms with van der Waals surface area (Å²) in [7, 11) is 1.61. The Hall–Kier alpha value is -4.39. The van der Waals surface area contributed by atoms with Crippen molar-refractivity contribution < 1.29 is 14.3 Å². The second-order valence-electron chi connectivity index (χ2n) is 8.87. The minimum Gasteiger partial charge on any atom is -0.496 e. The molecule has 1 aliphatic rings. The molecule has 1 fully saturated rings. The number of amides is 2. The van der Waals surface area contributed by atoms with E-state index in [1.807, 2.05) is 84.6 Å². The van der Waals surface area contributed by atoms with E-state index in [9.17, 15) is 9.59 Å². The third-order valence-electron chi connectivity index (χ3n) is 6.49. The average molecular weight is 481 g/mol. The summed E-state index contributed by atoms with van der Waals surface area (Å²) in [5.74, 6) is 0.429. The highest BCUT2D eigenvalue weighted by Gasteiger charge is 2.24. The molecule has 7 heteroatoms. The minimum absolute atomic E-state index is 0.0899. The lowest BCUT2D eigenvalue weighted by Gasteiger charge is -2.36. The van der Waals surface area contributed by atoms with Crippen LogP contribution in [0.5, 0.6) is 5.75 Å². The fourth-order valence-electron chi connectivity index (χ4n) is 4.42. The van der Waals surface area contributed by atoms with Crippen molar-refractivity contribution in [3.8, 4) is 5.75 Å². The number of aryl methyl sites for hydroxylation is 1. The number of anilines is 2. The maximum Gasteiger partial charge on any atom is 0.272 e. The zero-order valence-electron chi connectivity index (χ0n) is 20.4. The third-order valence-corrected chi connectivity index (χ3v) is 6.49. The fourth-order valence-corrected chi connectivity index (χ4v) is 4.42. The number of nitrogens with one attached hydrogen (secondary N) is 1. The summed E-state index contributed by atoms with van der Waals surface area (Å²) in [4.78, 5) is 34.3. The van der Waals surface area contributed by atoms with Crippen LogP contribution in [0.25, 0.3) is 10.9 Å². The predicted octanol–water partition coefficient (Wildman–Crippen LogP) is 4.77. The Balaban J connectivity index is 1.21. The van der Waals surface area contributed by atoms with Crippen molar-refractivity contribution in [2.75, 3.05) is 43.5 Å². The Morgan fingerprint density at radius 2 is 1.58 bits per heavy atom. The number of aromatic nitrogens is 1. The quantitative estimate of drug-likeness (QED) is 0.446. The zero-order valence-corrected chi connectivity index (χ0v) is 20.4. The van der Waals surface area contributed by atoms with E-state index in [4.69, 9.17) is 4.74 Å². The van der Waals surface area contributed by atoms with Crippen LogP contribution >= 0.6 is 0 Å². The standard InChI is InChI=1S/C29H28N4O3/c1-20-7-9-21(10-8-20)28(34)30-22-11-13-23(14-12-22)32-15-17-33(18-16-32)29(35)26-19-27(36-2)24-5-3-4-6-25(24)31-26/h3-14,19H,15-18H2,1-2H3,(H,30,34). The smallest absolute Gasteiger partial charge is 0.272 e. The summed E-state index contributed by atoms with van der Waals surface area (Å²) in [6.45, 7) is 4.62. The molecule has 0 bridgehead atoms. The summed E-state index contributed by atoms with van der Waals surface area (Å²) < 4.78 is 5.50. The molecule has 2 amide bonds. The molecule has 0 atom stereocenters. The number of methoxy groups -OCH3 is 1. The van der Waals surface area contributed by atoms with Crippen LogP contribution in [0.2, 0.25) is 0 Å². The topological polar surface area (TPSA) is 74.8 Å². The van der Waals surface area contributed by atoms with E-state index in [1.165, 1.54) is 0 Å². The number of carbonyl (C=O) groups is 2. The molecular formula is C29H28N4O3. The highest BCUT2D eigenvalue weighted by Crippen LogP contribution is 2.26. The number of ether oxygens (including phenoxy) is 1. The van der Waals surface area contributed by atoms with Crippen LogP contribution in [-0.2, 0) is 0 Å². The first-order chi connectivity index (χ1) is 17.5. The predicted molar refractivity (Wildman–Crippen MR) is 142 cm³/mol. The largest absolute Gasteiger partial charge is 0.496 e. The van der Waals surface area contributed by atoms with Gasteiger partial charge in [-0.15, -0.1) is 0 Å². The molecule has 0 aliphatic carbocycles. The fraction of sp³-hybridized carbons (Fsp3) is 0.207. The second kappa shape index (κ2) is 10.1. The Kier molecular flexibility index (Phi) is 6.54. The highest BCUT2D eigenvalue weighted by atomic mass is 16.5. The van der Waals surface area contributed by atoms with E-state index in [2.05, 4.69) is 15.2 Å². The molecule has 3 aromatic carbocycles. The second-order valence-corrected chi connectivity index (χ2v) is 8.87. The van der Waals surface area contributed by atoms with Gasteiger partial charge >= 0.3 is 0 Å². The SMILES string of the molecule is COc1cc(C(=O)N2CCN(c3ccc(NC(=O)c4ccc(C)cc4)cc3)CC2)nc2ccccc12. The van der Waals surface area contributed by atoms with Gasteiger partial charge in [-0.25, -0.2) is 4.98 Å². The Morgan fingerprint density at radius 1 is 0.889 bits per heavy atom.